The number of β-amino-alcohol motifs (C(OH)–C–C–N with tert-alkyl or cyclic N) is 1. The third kappa shape index (κ3) is 5.48. The molecule has 0 bridgehead atoms. The van der Waals surface area contributed by atoms with Gasteiger partial charge in [0, 0.05) is 19.6 Å². The van der Waals surface area contributed by atoms with E-state index in [4.69, 9.17) is 9.47 Å². The Morgan fingerprint density at radius 1 is 1.19 bits per heavy atom. The largest absolute Gasteiger partial charge is 0.491 e. The van der Waals surface area contributed by atoms with Crippen molar-refractivity contribution in [2.24, 2.45) is 0 Å². The number of aliphatic hydroxyl groups is 1. The molecule has 0 saturated carbocycles. The molecule has 1 saturated heterocycles. The van der Waals surface area contributed by atoms with Gasteiger partial charge >= 0.3 is 0 Å². The number of halogens is 2. The Hall–Kier alpha value is -2.02. The molecule has 2 atom stereocenters. The topological polar surface area (TPSA) is 41.9 Å². The van der Waals surface area contributed by atoms with Crippen LogP contribution in [0, 0.1) is 11.6 Å². The summed E-state index contributed by atoms with van der Waals surface area (Å²) in [7, 11) is 0. The third-order valence-corrected chi connectivity index (χ3v) is 4.71. The van der Waals surface area contributed by atoms with Crippen LogP contribution in [0.4, 0.5) is 8.78 Å². The minimum atomic E-state index is -0.879. The van der Waals surface area contributed by atoms with E-state index in [0.717, 1.165) is 18.2 Å². The fourth-order valence-corrected chi connectivity index (χ4v) is 3.15. The number of hydrogen-bond donors (Lipinski definition) is 1. The molecule has 3 rings (SSSR count). The first-order chi connectivity index (χ1) is 13.0. The lowest BCUT2D eigenvalue weighted by atomic mass is 10.1. The van der Waals surface area contributed by atoms with Crippen LogP contribution in [0.5, 0.6) is 5.75 Å². The Bertz CT molecular complexity index is 739. The molecule has 1 aliphatic heterocycles. The highest BCUT2D eigenvalue weighted by atomic mass is 19.2. The van der Waals surface area contributed by atoms with Crippen LogP contribution in [0.15, 0.2) is 42.5 Å². The van der Waals surface area contributed by atoms with Crippen molar-refractivity contribution in [1.29, 1.82) is 0 Å². The van der Waals surface area contributed by atoms with E-state index in [0.29, 0.717) is 31.8 Å². The molecule has 0 amide bonds. The zero-order chi connectivity index (χ0) is 19.2. The molecule has 4 nitrogen and oxygen atoms in total. The van der Waals surface area contributed by atoms with Crippen molar-refractivity contribution in [3.8, 4) is 5.75 Å². The van der Waals surface area contributed by atoms with E-state index < -0.39 is 17.7 Å². The fraction of sp³-hybridized carbons (Fsp3) is 0.429. The molecular formula is C21H25F2NO3. The Morgan fingerprint density at radius 2 is 1.96 bits per heavy atom. The van der Waals surface area contributed by atoms with Crippen molar-refractivity contribution < 1.29 is 23.4 Å². The number of hydrogen-bond acceptors (Lipinski definition) is 4. The summed E-state index contributed by atoms with van der Waals surface area (Å²) in [5, 5.41) is 10.3. The molecule has 2 aromatic rings. The van der Waals surface area contributed by atoms with Gasteiger partial charge in [0.25, 0.3) is 0 Å². The van der Waals surface area contributed by atoms with E-state index >= 15 is 0 Å². The van der Waals surface area contributed by atoms with Gasteiger partial charge in [-0.05, 0) is 41.8 Å². The second-order valence-corrected chi connectivity index (χ2v) is 6.75. The zero-order valence-electron chi connectivity index (χ0n) is 15.4. The van der Waals surface area contributed by atoms with Crippen LogP contribution in [-0.2, 0) is 11.2 Å². The number of rotatable bonds is 7. The molecule has 0 aromatic heterocycles. The first-order valence-corrected chi connectivity index (χ1v) is 9.24. The van der Waals surface area contributed by atoms with Crippen molar-refractivity contribution in [1.82, 2.24) is 4.90 Å². The van der Waals surface area contributed by atoms with E-state index in [1.54, 1.807) is 0 Å². The lowest BCUT2D eigenvalue weighted by Crippen LogP contribution is -2.43. The number of morpholine rings is 1. The van der Waals surface area contributed by atoms with Gasteiger partial charge in [-0.1, -0.05) is 25.1 Å². The second kappa shape index (κ2) is 9.26. The summed E-state index contributed by atoms with van der Waals surface area (Å²) in [4.78, 5) is 2.05. The number of aryl methyl sites for hydroxylation is 1. The average molecular weight is 377 g/mol. The molecule has 0 radical (unpaired) electrons. The van der Waals surface area contributed by atoms with Gasteiger partial charge in [-0.15, -0.1) is 0 Å². The van der Waals surface area contributed by atoms with E-state index in [1.165, 1.54) is 17.7 Å². The van der Waals surface area contributed by atoms with Gasteiger partial charge in [-0.3, -0.25) is 4.90 Å². The number of benzene rings is 2. The van der Waals surface area contributed by atoms with Crippen LogP contribution in [0.25, 0.3) is 0 Å². The van der Waals surface area contributed by atoms with Crippen molar-refractivity contribution in [3.05, 3.63) is 65.2 Å². The van der Waals surface area contributed by atoms with Gasteiger partial charge in [0.1, 0.15) is 18.5 Å². The molecule has 0 aliphatic carbocycles. The quantitative estimate of drug-likeness (QED) is 0.804. The normalized spacial score (nSPS) is 19.0. The van der Waals surface area contributed by atoms with Crippen LogP contribution in [0.2, 0.25) is 0 Å². The maximum Gasteiger partial charge on any atom is 0.159 e. The van der Waals surface area contributed by atoms with Crippen LogP contribution < -0.4 is 4.74 Å². The van der Waals surface area contributed by atoms with E-state index in [2.05, 4.69) is 6.92 Å². The van der Waals surface area contributed by atoms with Crippen LogP contribution in [0.3, 0.4) is 0 Å². The summed E-state index contributed by atoms with van der Waals surface area (Å²) in [5.74, 6) is -1.02. The molecule has 0 spiro atoms. The molecule has 6 heteroatoms. The predicted molar refractivity (Wildman–Crippen MR) is 98.8 cm³/mol. The molecule has 27 heavy (non-hydrogen) atoms. The highest BCUT2D eigenvalue weighted by molar-refractivity contribution is 5.27. The summed E-state index contributed by atoms with van der Waals surface area (Å²) >= 11 is 0. The average Bonchev–Trinajstić information content (AvgIpc) is 2.69. The highest BCUT2D eigenvalue weighted by Crippen LogP contribution is 2.24. The third-order valence-electron chi connectivity index (χ3n) is 4.71. The SMILES string of the molecule is CCc1ccc(OCC(O)CN2CCOC(c3ccc(F)c(F)c3)C2)cc1. The predicted octanol–water partition coefficient (Wildman–Crippen LogP) is 3.34. The van der Waals surface area contributed by atoms with E-state index in [1.807, 2.05) is 29.2 Å². The van der Waals surface area contributed by atoms with Crippen LogP contribution in [-0.4, -0.2) is 49.0 Å². The Kier molecular flexibility index (Phi) is 6.77. The lowest BCUT2D eigenvalue weighted by molar-refractivity contribution is -0.0460. The van der Waals surface area contributed by atoms with Crippen molar-refractivity contribution in [3.63, 3.8) is 0 Å². The fourth-order valence-electron chi connectivity index (χ4n) is 3.15. The van der Waals surface area contributed by atoms with Crippen molar-refractivity contribution in [2.45, 2.75) is 25.6 Å². The first kappa shape index (κ1) is 19.7. The van der Waals surface area contributed by atoms with E-state index in [-0.39, 0.29) is 12.7 Å². The van der Waals surface area contributed by atoms with Gasteiger partial charge in [0.2, 0.25) is 0 Å². The maximum atomic E-state index is 13.4. The smallest absolute Gasteiger partial charge is 0.159 e. The Morgan fingerprint density at radius 3 is 2.67 bits per heavy atom. The van der Waals surface area contributed by atoms with Crippen LogP contribution >= 0.6 is 0 Å². The van der Waals surface area contributed by atoms with Crippen molar-refractivity contribution >= 4 is 0 Å². The Balaban J connectivity index is 1.49. The monoisotopic (exact) mass is 377 g/mol. The molecule has 2 unspecified atom stereocenters. The summed E-state index contributed by atoms with van der Waals surface area (Å²) in [5.41, 5.74) is 1.83. The number of aliphatic hydroxyl groups excluding tert-OH is 1. The summed E-state index contributed by atoms with van der Waals surface area (Å²) < 4.78 is 37.9. The van der Waals surface area contributed by atoms with Crippen LogP contribution in [0.1, 0.15) is 24.2 Å². The van der Waals surface area contributed by atoms with Gasteiger partial charge < -0.3 is 14.6 Å². The van der Waals surface area contributed by atoms with Crippen molar-refractivity contribution in [2.75, 3.05) is 32.8 Å². The molecule has 146 valence electrons. The number of ether oxygens (including phenoxy) is 2. The summed E-state index contributed by atoms with van der Waals surface area (Å²) in [6.07, 6.45) is -0.0258. The number of nitrogens with zero attached hydrogens (tertiary/aromatic N) is 1. The minimum Gasteiger partial charge on any atom is -0.491 e. The summed E-state index contributed by atoms with van der Waals surface area (Å²) in [6.45, 7) is 4.36. The molecule has 2 aromatic carbocycles. The molecule has 1 fully saturated rings. The standard InChI is InChI=1S/C21H25F2NO3/c1-2-15-3-6-18(7-4-15)27-14-17(25)12-24-9-10-26-21(13-24)16-5-8-19(22)20(23)11-16/h3-8,11,17,21,25H,2,9-10,12-14H2,1H3. The van der Waals surface area contributed by atoms with Gasteiger partial charge in [0.05, 0.1) is 12.7 Å². The first-order valence-electron chi connectivity index (χ1n) is 9.24. The summed E-state index contributed by atoms with van der Waals surface area (Å²) in [6, 6.07) is 11.6. The second-order valence-electron chi connectivity index (χ2n) is 6.75. The molecular weight excluding hydrogens is 352 g/mol. The van der Waals surface area contributed by atoms with Gasteiger partial charge in [-0.2, -0.15) is 0 Å². The molecule has 1 aliphatic rings. The van der Waals surface area contributed by atoms with Gasteiger partial charge in [0.15, 0.2) is 11.6 Å². The Labute approximate surface area is 158 Å². The lowest BCUT2D eigenvalue weighted by Gasteiger charge is -2.34. The molecule has 1 N–H and O–H groups in total. The maximum absolute atomic E-state index is 13.4. The highest BCUT2D eigenvalue weighted by Gasteiger charge is 2.24. The minimum absolute atomic E-state index is 0.193. The van der Waals surface area contributed by atoms with Gasteiger partial charge in [-0.25, -0.2) is 8.78 Å². The zero-order valence-corrected chi connectivity index (χ0v) is 15.4. The molecule has 1 heterocycles. The van der Waals surface area contributed by atoms with E-state index in [9.17, 15) is 13.9 Å².